The minimum absolute atomic E-state index is 0.293. The van der Waals surface area contributed by atoms with Crippen molar-refractivity contribution in [2.45, 2.75) is 26.7 Å². The van der Waals surface area contributed by atoms with Crippen molar-refractivity contribution < 1.29 is 14.3 Å². The van der Waals surface area contributed by atoms with Crippen LogP contribution < -0.4 is 15.0 Å². The van der Waals surface area contributed by atoms with Crippen LogP contribution in [0.25, 0.3) is 16.6 Å². The van der Waals surface area contributed by atoms with Gasteiger partial charge in [-0.2, -0.15) is 0 Å². The summed E-state index contributed by atoms with van der Waals surface area (Å²) in [6.45, 7) is 4.97. The largest absolute Gasteiger partial charge is 0.495 e. The van der Waals surface area contributed by atoms with E-state index >= 15 is 0 Å². The average molecular weight is 547 g/mol. The molecule has 7 nitrogen and oxygen atoms in total. The Hall–Kier alpha value is -4.91. The lowest BCUT2D eigenvalue weighted by Crippen LogP contribution is -2.24. The summed E-state index contributed by atoms with van der Waals surface area (Å²) >= 11 is 0. The van der Waals surface area contributed by atoms with E-state index in [1.54, 1.807) is 17.7 Å². The van der Waals surface area contributed by atoms with E-state index in [0.29, 0.717) is 22.7 Å². The van der Waals surface area contributed by atoms with Gasteiger partial charge in [0.05, 0.1) is 13.3 Å². The lowest BCUT2D eigenvalue weighted by Gasteiger charge is -2.19. The third-order valence-corrected chi connectivity index (χ3v) is 7.13. The standard InChI is InChI=1S/C34H34N4O3/c1-23-19-24(2)35-31(20-23)37(3)18-8-9-25-12-14-27(15-13-25)36-34(40)33(39)32-30(26-10-6-5-7-11-26)21-28-16-17-29(41-4)22-38(28)32/h5-7,10-17,19-22H,8-9,18H2,1-4H3,(H,36,40). The first-order chi connectivity index (χ1) is 19.8. The molecule has 0 saturated carbocycles. The van der Waals surface area contributed by atoms with Crippen molar-refractivity contribution in [3.05, 3.63) is 114 Å². The van der Waals surface area contributed by atoms with Gasteiger partial charge in [-0.1, -0.05) is 42.5 Å². The summed E-state index contributed by atoms with van der Waals surface area (Å²) in [5.41, 5.74) is 6.59. The van der Waals surface area contributed by atoms with E-state index < -0.39 is 11.7 Å². The van der Waals surface area contributed by atoms with Gasteiger partial charge in [0.2, 0.25) is 0 Å². The number of hydrogen-bond donors (Lipinski definition) is 1. The molecule has 41 heavy (non-hydrogen) atoms. The Morgan fingerprint density at radius 3 is 2.41 bits per heavy atom. The first-order valence-corrected chi connectivity index (χ1v) is 13.7. The number of hydrogen-bond acceptors (Lipinski definition) is 5. The van der Waals surface area contributed by atoms with E-state index in [0.717, 1.165) is 47.5 Å². The Morgan fingerprint density at radius 1 is 0.951 bits per heavy atom. The van der Waals surface area contributed by atoms with Crippen LogP contribution in [0, 0.1) is 13.8 Å². The second-order valence-corrected chi connectivity index (χ2v) is 10.3. The van der Waals surface area contributed by atoms with Crippen molar-refractivity contribution in [1.29, 1.82) is 0 Å². The highest BCUT2D eigenvalue weighted by Crippen LogP contribution is 2.30. The lowest BCUT2D eigenvalue weighted by molar-refractivity contribution is -0.112. The molecule has 7 heteroatoms. The number of carbonyl (C=O) groups excluding carboxylic acids is 2. The molecule has 5 rings (SSSR count). The highest BCUT2D eigenvalue weighted by atomic mass is 16.5. The van der Waals surface area contributed by atoms with Gasteiger partial charge in [-0.25, -0.2) is 4.98 Å². The number of anilines is 2. The van der Waals surface area contributed by atoms with Crippen LogP contribution in [0.5, 0.6) is 5.75 Å². The summed E-state index contributed by atoms with van der Waals surface area (Å²) in [6.07, 6.45) is 3.58. The van der Waals surface area contributed by atoms with Crippen LogP contribution in [-0.4, -0.2) is 41.8 Å². The molecule has 2 aromatic carbocycles. The Kier molecular flexibility index (Phi) is 8.15. The normalized spacial score (nSPS) is 10.9. The maximum absolute atomic E-state index is 13.6. The third kappa shape index (κ3) is 6.30. The van der Waals surface area contributed by atoms with Crippen molar-refractivity contribution in [3.63, 3.8) is 0 Å². The number of carbonyl (C=O) groups is 2. The molecule has 0 spiro atoms. The maximum atomic E-state index is 13.6. The number of rotatable bonds is 10. The molecule has 3 aromatic heterocycles. The number of aryl methyl sites for hydroxylation is 3. The molecular weight excluding hydrogens is 512 g/mol. The van der Waals surface area contributed by atoms with Crippen molar-refractivity contribution in [3.8, 4) is 16.9 Å². The number of nitrogens with one attached hydrogen (secondary N) is 1. The summed E-state index contributed by atoms with van der Waals surface area (Å²) in [4.78, 5) is 33.6. The van der Waals surface area contributed by atoms with Gasteiger partial charge in [-0.15, -0.1) is 0 Å². The van der Waals surface area contributed by atoms with Crippen molar-refractivity contribution in [2.24, 2.45) is 0 Å². The second-order valence-electron chi connectivity index (χ2n) is 10.3. The first-order valence-electron chi connectivity index (χ1n) is 13.7. The minimum atomic E-state index is -0.694. The number of fused-ring (bicyclic) bond motifs is 1. The van der Waals surface area contributed by atoms with Crippen LogP contribution in [0.3, 0.4) is 0 Å². The van der Waals surface area contributed by atoms with Crippen LogP contribution >= 0.6 is 0 Å². The molecule has 0 bridgehead atoms. The smallest absolute Gasteiger partial charge is 0.298 e. The molecule has 0 atom stereocenters. The average Bonchev–Trinajstić information content (AvgIpc) is 3.36. The molecule has 0 aliphatic carbocycles. The first kappa shape index (κ1) is 27.6. The van der Waals surface area contributed by atoms with Crippen LogP contribution in [0.15, 0.2) is 91.1 Å². The molecule has 3 heterocycles. The molecule has 0 aliphatic rings. The Balaban J connectivity index is 1.27. The number of ketones is 1. The summed E-state index contributed by atoms with van der Waals surface area (Å²) in [7, 11) is 3.63. The predicted octanol–water partition coefficient (Wildman–Crippen LogP) is 6.52. The molecule has 0 fully saturated rings. The zero-order valence-electron chi connectivity index (χ0n) is 23.8. The monoisotopic (exact) mass is 546 g/mol. The summed E-state index contributed by atoms with van der Waals surface area (Å²) in [6, 6.07) is 27.0. The molecule has 0 unspecified atom stereocenters. The summed E-state index contributed by atoms with van der Waals surface area (Å²) in [5.74, 6) is 0.258. The van der Waals surface area contributed by atoms with Crippen LogP contribution in [0.1, 0.15) is 33.7 Å². The van der Waals surface area contributed by atoms with Gasteiger partial charge < -0.3 is 19.4 Å². The van der Waals surface area contributed by atoms with E-state index in [2.05, 4.69) is 41.3 Å². The summed E-state index contributed by atoms with van der Waals surface area (Å²) in [5, 5.41) is 2.79. The molecule has 208 valence electrons. The molecule has 0 saturated heterocycles. The van der Waals surface area contributed by atoms with Crippen molar-refractivity contribution in [1.82, 2.24) is 9.38 Å². The predicted molar refractivity (Wildman–Crippen MR) is 164 cm³/mol. The molecular formula is C34H34N4O3. The van der Waals surface area contributed by atoms with Crippen LogP contribution in [0.4, 0.5) is 11.5 Å². The van der Waals surface area contributed by atoms with Crippen molar-refractivity contribution in [2.75, 3.05) is 30.9 Å². The van der Waals surface area contributed by atoms with Gasteiger partial charge in [0, 0.05) is 36.1 Å². The molecule has 1 amide bonds. The van der Waals surface area contributed by atoms with Gasteiger partial charge >= 0.3 is 0 Å². The topological polar surface area (TPSA) is 75.9 Å². The SMILES string of the molecule is COc1ccc2cc(-c3ccccc3)c(C(=O)C(=O)Nc3ccc(CCCN(C)c4cc(C)cc(C)n4)cc3)n2c1. The minimum Gasteiger partial charge on any atom is -0.495 e. The number of amides is 1. The number of pyridine rings is 2. The Labute approximate surface area is 240 Å². The molecule has 1 N–H and O–H groups in total. The fourth-order valence-electron chi connectivity index (χ4n) is 5.04. The highest BCUT2D eigenvalue weighted by molar-refractivity contribution is 6.47. The zero-order chi connectivity index (χ0) is 28.9. The highest BCUT2D eigenvalue weighted by Gasteiger charge is 2.25. The van der Waals surface area contributed by atoms with Crippen LogP contribution in [-0.2, 0) is 11.2 Å². The van der Waals surface area contributed by atoms with Gasteiger partial charge in [0.15, 0.2) is 0 Å². The number of methoxy groups -OCH3 is 1. The second kappa shape index (κ2) is 12.1. The third-order valence-electron chi connectivity index (χ3n) is 7.13. The Morgan fingerprint density at radius 2 is 1.71 bits per heavy atom. The molecule has 0 aliphatic heterocycles. The zero-order valence-corrected chi connectivity index (χ0v) is 23.8. The van der Waals surface area contributed by atoms with Crippen molar-refractivity contribution >= 4 is 28.7 Å². The Bertz CT molecular complexity index is 1670. The lowest BCUT2D eigenvalue weighted by atomic mass is 10.0. The summed E-state index contributed by atoms with van der Waals surface area (Å²) < 4.78 is 7.09. The fourth-order valence-corrected chi connectivity index (χ4v) is 5.04. The van der Waals surface area contributed by atoms with Crippen LogP contribution in [0.2, 0.25) is 0 Å². The molecule has 5 aromatic rings. The van der Waals surface area contributed by atoms with Gasteiger partial charge in [0.1, 0.15) is 17.3 Å². The quantitative estimate of drug-likeness (QED) is 0.160. The van der Waals surface area contributed by atoms with E-state index in [1.165, 1.54) is 5.56 Å². The number of Topliss-reactive ketones (excluding diaryl/α,β-unsaturated/α-hetero) is 1. The van der Waals surface area contributed by atoms with Gasteiger partial charge in [-0.05, 0) is 85.8 Å². The van der Waals surface area contributed by atoms with Gasteiger partial charge in [0.25, 0.3) is 11.7 Å². The molecule has 0 radical (unpaired) electrons. The van der Waals surface area contributed by atoms with E-state index in [9.17, 15) is 9.59 Å². The van der Waals surface area contributed by atoms with E-state index in [-0.39, 0.29) is 0 Å². The van der Waals surface area contributed by atoms with Gasteiger partial charge in [-0.3, -0.25) is 9.59 Å². The fraction of sp³-hybridized carbons (Fsp3) is 0.206. The number of aromatic nitrogens is 2. The van der Waals surface area contributed by atoms with E-state index in [4.69, 9.17) is 4.74 Å². The maximum Gasteiger partial charge on any atom is 0.298 e. The number of nitrogens with zero attached hydrogens (tertiary/aromatic N) is 3. The number of benzene rings is 2. The van der Waals surface area contributed by atoms with E-state index in [1.807, 2.05) is 79.7 Å². The number of ether oxygens (including phenoxy) is 1.